The molecule has 0 saturated heterocycles. The van der Waals surface area contributed by atoms with Crippen LogP contribution in [-0.4, -0.2) is 14.3 Å². The molecule has 0 aliphatic heterocycles. The van der Waals surface area contributed by atoms with E-state index in [9.17, 15) is 22.0 Å². The van der Waals surface area contributed by atoms with Crippen LogP contribution in [0.25, 0.3) is 0 Å². The second kappa shape index (κ2) is 7.03. The van der Waals surface area contributed by atoms with Crippen LogP contribution in [0.5, 0.6) is 0 Å². The molecular weight excluding hydrogens is 362 g/mol. The predicted octanol–water partition coefficient (Wildman–Crippen LogP) is 3.96. The maximum Gasteiger partial charge on any atom is 0.262 e. The van der Waals surface area contributed by atoms with Gasteiger partial charge in [-0.1, -0.05) is 6.07 Å². The standard InChI is InChI=1S/C18H20F2N2O3S/c1-9-6-10(2)12(4)18(11(9)3)26(24,25)22-17-8-16(21-13(5)23)14(19)7-15(17)20/h6-8,22H,1-5H3,(H,21,23). The minimum absolute atomic E-state index is 0.0554. The Balaban J connectivity index is 2.57. The van der Waals surface area contributed by atoms with E-state index in [1.807, 2.05) is 6.07 Å². The number of benzene rings is 2. The van der Waals surface area contributed by atoms with Crippen LogP contribution in [0.3, 0.4) is 0 Å². The van der Waals surface area contributed by atoms with Gasteiger partial charge in [0.05, 0.1) is 16.3 Å². The van der Waals surface area contributed by atoms with Gasteiger partial charge in [-0.05, 0) is 56.0 Å². The van der Waals surface area contributed by atoms with E-state index in [1.165, 1.54) is 0 Å². The number of nitrogens with one attached hydrogen (secondary N) is 2. The topological polar surface area (TPSA) is 75.3 Å². The molecule has 0 aromatic heterocycles. The van der Waals surface area contributed by atoms with Gasteiger partial charge in [0.2, 0.25) is 5.91 Å². The van der Waals surface area contributed by atoms with E-state index in [1.54, 1.807) is 27.7 Å². The van der Waals surface area contributed by atoms with Crippen molar-refractivity contribution >= 4 is 27.3 Å². The molecule has 0 spiro atoms. The number of carbonyl (C=O) groups is 1. The molecular formula is C18H20F2N2O3S. The van der Waals surface area contributed by atoms with Gasteiger partial charge < -0.3 is 5.32 Å². The zero-order chi connectivity index (χ0) is 19.8. The SMILES string of the molecule is CC(=O)Nc1cc(NS(=O)(=O)c2c(C)c(C)cc(C)c2C)c(F)cc1F. The molecule has 140 valence electrons. The lowest BCUT2D eigenvalue weighted by molar-refractivity contribution is -0.114. The lowest BCUT2D eigenvalue weighted by Gasteiger charge is -2.17. The average molecular weight is 382 g/mol. The Bertz CT molecular complexity index is 976. The summed E-state index contributed by atoms with van der Waals surface area (Å²) in [5, 5.41) is 2.19. The maximum absolute atomic E-state index is 14.1. The van der Waals surface area contributed by atoms with Gasteiger partial charge in [-0.25, -0.2) is 17.2 Å². The number of hydrogen-bond donors (Lipinski definition) is 2. The smallest absolute Gasteiger partial charge is 0.262 e. The van der Waals surface area contributed by atoms with Crippen LogP contribution in [0.4, 0.5) is 20.2 Å². The fraction of sp³-hybridized carbons (Fsp3) is 0.278. The molecule has 0 heterocycles. The molecule has 5 nitrogen and oxygen atoms in total. The third-order valence-corrected chi connectivity index (χ3v) is 5.82. The van der Waals surface area contributed by atoms with Gasteiger partial charge in [-0.15, -0.1) is 0 Å². The summed E-state index contributed by atoms with van der Waals surface area (Å²) >= 11 is 0. The molecule has 8 heteroatoms. The molecule has 0 unspecified atom stereocenters. The number of anilines is 2. The molecule has 2 N–H and O–H groups in total. The van der Waals surface area contributed by atoms with Gasteiger partial charge in [-0.2, -0.15) is 0 Å². The van der Waals surface area contributed by atoms with Crippen molar-refractivity contribution in [3.8, 4) is 0 Å². The van der Waals surface area contributed by atoms with Crippen molar-refractivity contribution in [2.75, 3.05) is 10.0 Å². The molecule has 0 fully saturated rings. The summed E-state index contributed by atoms with van der Waals surface area (Å²) in [6, 6.07) is 3.30. The monoisotopic (exact) mass is 382 g/mol. The summed E-state index contributed by atoms with van der Waals surface area (Å²) < 4.78 is 55.7. The number of amides is 1. The van der Waals surface area contributed by atoms with Crippen LogP contribution < -0.4 is 10.0 Å². The fourth-order valence-electron chi connectivity index (χ4n) is 2.69. The lowest BCUT2D eigenvalue weighted by Crippen LogP contribution is -2.18. The van der Waals surface area contributed by atoms with Gasteiger partial charge in [0, 0.05) is 13.0 Å². The predicted molar refractivity (Wildman–Crippen MR) is 96.9 cm³/mol. The van der Waals surface area contributed by atoms with Crippen LogP contribution in [0.1, 0.15) is 29.2 Å². The number of sulfonamides is 1. The van der Waals surface area contributed by atoms with Gasteiger partial charge >= 0.3 is 0 Å². The van der Waals surface area contributed by atoms with E-state index in [-0.39, 0.29) is 10.6 Å². The van der Waals surface area contributed by atoms with E-state index in [0.29, 0.717) is 17.2 Å². The first-order valence-corrected chi connectivity index (χ1v) is 9.29. The minimum Gasteiger partial charge on any atom is -0.324 e. The van der Waals surface area contributed by atoms with Crippen LogP contribution in [0.15, 0.2) is 23.1 Å². The van der Waals surface area contributed by atoms with E-state index >= 15 is 0 Å². The number of rotatable bonds is 4. The van der Waals surface area contributed by atoms with Gasteiger partial charge in [0.25, 0.3) is 10.0 Å². The number of aryl methyl sites for hydroxylation is 2. The van der Waals surface area contributed by atoms with E-state index in [0.717, 1.165) is 24.1 Å². The Morgan fingerprint density at radius 3 is 1.88 bits per heavy atom. The third kappa shape index (κ3) is 3.85. The molecule has 0 atom stereocenters. The summed E-state index contributed by atoms with van der Waals surface area (Å²) in [6.45, 7) is 8.07. The molecule has 0 aliphatic carbocycles. The van der Waals surface area contributed by atoms with E-state index in [4.69, 9.17) is 0 Å². The summed E-state index contributed by atoms with van der Waals surface area (Å²) in [5.74, 6) is -2.65. The summed E-state index contributed by atoms with van der Waals surface area (Å²) in [5.41, 5.74) is 1.90. The Morgan fingerprint density at radius 1 is 0.885 bits per heavy atom. The minimum atomic E-state index is -4.13. The zero-order valence-electron chi connectivity index (χ0n) is 15.1. The van der Waals surface area contributed by atoms with Crippen molar-refractivity contribution in [3.05, 3.63) is 52.1 Å². The van der Waals surface area contributed by atoms with Crippen molar-refractivity contribution in [2.24, 2.45) is 0 Å². The summed E-state index contributed by atoms with van der Waals surface area (Å²) in [6.07, 6.45) is 0. The molecule has 0 radical (unpaired) electrons. The Kier molecular flexibility index (Phi) is 5.36. The second-order valence-corrected chi connectivity index (χ2v) is 7.81. The molecule has 26 heavy (non-hydrogen) atoms. The van der Waals surface area contributed by atoms with Crippen LogP contribution in [0, 0.1) is 39.3 Å². The lowest BCUT2D eigenvalue weighted by atomic mass is 10.0. The highest BCUT2D eigenvalue weighted by Gasteiger charge is 2.24. The number of carbonyl (C=O) groups excluding carboxylic acids is 1. The van der Waals surface area contributed by atoms with Gasteiger partial charge in [0.1, 0.15) is 11.6 Å². The molecule has 0 aliphatic rings. The maximum atomic E-state index is 14.1. The van der Waals surface area contributed by atoms with Crippen LogP contribution in [-0.2, 0) is 14.8 Å². The normalized spacial score (nSPS) is 11.3. The molecule has 0 bridgehead atoms. The van der Waals surface area contributed by atoms with Gasteiger partial charge in [-0.3, -0.25) is 9.52 Å². The Hall–Kier alpha value is -2.48. The Labute approximate surface area is 151 Å². The average Bonchev–Trinajstić information content (AvgIpc) is 2.49. The third-order valence-electron chi connectivity index (χ3n) is 4.18. The first-order chi connectivity index (χ1) is 11.9. The molecule has 2 rings (SSSR count). The van der Waals surface area contributed by atoms with Crippen molar-refractivity contribution in [1.29, 1.82) is 0 Å². The van der Waals surface area contributed by atoms with Crippen LogP contribution in [0.2, 0.25) is 0 Å². The van der Waals surface area contributed by atoms with Crippen molar-refractivity contribution in [3.63, 3.8) is 0 Å². The summed E-state index contributed by atoms with van der Waals surface area (Å²) in [7, 11) is -4.13. The Morgan fingerprint density at radius 2 is 1.38 bits per heavy atom. The summed E-state index contributed by atoms with van der Waals surface area (Å²) in [4.78, 5) is 11.2. The highest BCUT2D eigenvalue weighted by Crippen LogP contribution is 2.30. The highest BCUT2D eigenvalue weighted by atomic mass is 32.2. The molecule has 0 saturated carbocycles. The first kappa shape index (κ1) is 19.8. The van der Waals surface area contributed by atoms with E-state index in [2.05, 4.69) is 10.0 Å². The fourth-order valence-corrected chi connectivity index (χ4v) is 4.37. The van der Waals surface area contributed by atoms with Crippen molar-refractivity contribution < 1.29 is 22.0 Å². The molecule has 2 aromatic carbocycles. The molecule has 2 aromatic rings. The number of halogens is 2. The first-order valence-electron chi connectivity index (χ1n) is 7.81. The van der Waals surface area contributed by atoms with Crippen molar-refractivity contribution in [2.45, 2.75) is 39.5 Å². The quantitative estimate of drug-likeness (QED) is 0.841. The molecule has 1 amide bonds. The second-order valence-electron chi connectivity index (χ2n) is 6.19. The number of hydrogen-bond acceptors (Lipinski definition) is 3. The largest absolute Gasteiger partial charge is 0.324 e. The van der Waals surface area contributed by atoms with Gasteiger partial charge in [0.15, 0.2) is 0 Å². The van der Waals surface area contributed by atoms with Crippen molar-refractivity contribution in [1.82, 2.24) is 0 Å². The highest BCUT2D eigenvalue weighted by molar-refractivity contribution is 7.92. The van der Waals surface area contributed by atoms with E-state index < -0.39 is 33.3 Å². The van der Waals surface area contributed by atoms with Crippen LogP contribution >= 0.6 is 0 Å². The zero-order valence-corrected chi connectivity index (χ0v) is 15.9.